The Balaban J connectivity index is 1.64. The number of aromatic nitrogens is 4. The van der Waals surface area contributed by atoms with E-state index in [0.29, 0.717) is 32.5 Å². The van der Waals surface area contributed by atoms with Crippen molar-refractivity contribution in [1.29, 1.82) is 0 Å². The van der Waals surface area contributed by atoms with Crippen molar-refractivity contribution < 1.29 is 14.6 Å². The van der Waals surface area contributed by atoms with Crippen molar-refractivity contribution in [3.8, 4) is 17.2 Å². The van der Waals surface area contributed by atoms with Gasteiger partial charge < -0.3 is 14.6 Å². The van der Waals surface area contributed by atoms with E-state index in [4.69, 9.17) is 32.7 Å². The van der Waals surface area contributed by atoms with Crippen LogP contribution in [0.1, 0.15) is 5.56 Å². The van der Waals surface area contributed by atoms with Crippen LogP contribution in [0.3, 0.4) is 0 Å². The summed E-state index contributed by atoms with van der Waals surface area (Å²) in [5.74, 6) is 1.40. The first-order valence-corrected chi connectivity index (χ1v) is 10.0. The minimum Gasteiger partial charge on any atom is -0.494 e. The highest BCUT2D eigenvalue weighted by molar-refractivity contribution is 7.99. The molecule has 0 saturated carbocycles. The number of aryl methyl sites for hydroxylation is 1. The number of thioether (sulfide) groups is 1. The van der Waals surface area contributed by atoms with Crippen molar-refractivity contribution in [2.45, 2.75) is 18.2 Å². The molecule has 1 unspecified atom stereocenters. The number of halogens is 2. The highest BCUT2D eigenvalue weighted by atomic mass is 35.5. The Morgan fingerprint density at radius 3 is 2.79 bits per heavy atom. The van der Waals surface area contributed by atoms with Gasteiger partial charge in [-0.3, -0.25) is 0 Å². The van der Waals surface area contributed by atoms with E-state index in [1.165, 1.54) is 11.8 Å². The highest BCUT2D eigenvalue weighted by Gasteiger charge is 2.16. The van der Waals surface area contributed by atoms with E-state index in [1.807, 2.05) is 25.1 Å². The van der Waals surface area contributed by atoms with Crippen LogP contribution in [0.15, 0.2) is 41.6 Å². The van der Waals surface area contributed by atoms with Gasteiger partial charge in [-0.1, -0.05) is 41.0 Å². The summed E-state index contributed by atoms with van der Waals surface area (Å²) in [7, 11) is 1.59. The SMILES string of the molecule is COc1ccc(C)cc1-n1nnnc1SCC(O)COc1cc(Cl)ccc1Cl. The average Bonchev–Trinajstić information content (AvgIpc) is 3.15. The summed E-state index contributed by atoms with van der Waals surface area (Å²) in [5, 5.41) is 23.5. The maximum Gasteiger partial charge on any atom is 0.214 e. The molecular formula is C18H18Cl2N4O3S. The molecule has 0 radical (unpaired) electrons. The third-order valence-electron chi connectivity index (χ3n) is 3.73. The minimum absolute atomic E-state index is 0.0579. The van der Waals surface area contributed by atoms with Crippen LogP contribution in [0, 0.1) is 6.92 Å². The first-order valence-electron chi connectivity index (χ1n) is 8.30. The van der Waals surface area contributed by atoms with Crippen molar-refractivity contribution in [3.63, 3.8) is 0 Å². The monoisotopic (exact) mass is 440 g/mol. The molecule has 1 atom stereocenters. The third-order valence-corrected chi connectivity index (χ3v) is 5.34. The van der Waals surface area contributed by atoms with E-state index in [9.17, 15) is 5.11 Å². The first kappa shape index (κ1) is 20.7. The zero-order valence-electron chi connectivity index (χ0n) is 15.2. The molecule has 0 fully saturated rings. The number of hydrogen-bond donors (Lipinski definition) is 1. The number of methoxy groups -OCH3 is 1. The van der Waals surface area contributed by atoms with Crippen LogP contribution in [0.2, 0.25) is 10.0 Å². The average molecular weight is 441 g/mol. The Labute approximate surface area is 176 Å². The second kappa shape index (κ2) is 9.47. The van der Waals surface area contributed by atoms with Crippen LogP contribution in [0.5, 0.6) is 11.5 Å². The number of aliphatic hydroxyl groups is 1. The van der Waals surface area contributed by atoms with Gasteiger partial charge in [-0.05, 0) is 47.2 Å². The standard InChI is InChI=1S/C18H18Cl2N4O3S/c1-11-3-6-16(26-2)15(7-11)24-18(21-22-23-24)28-10-13(25)9-27-17-8-12(19)4-5-14(17)20/h3-8,13,25H,9-10H2,1-2H3. The normalized spacial score (nSPS) is 12.0. The molecular weight excluding hydrogens is 423 g/mol. The summed E-state index contributed by atoms with van der Waals surface area (Å²) in [6.07, 6.45) is -0.760. The second-order valence-electron chi connectivity index (χ2n) is 5.90. The number of aliphatic hydroxyl groups excluding tert-OH is 1. The van der Waals surface area contributed by atoms with E-state index >= 15 is 0 Å². The number of tetrazole rings is 1. The van der Waals surface area contributed by atoms with Gasteiger partial charge in [0.05, 0.1) is 18.2 Å². The second-order valence-corrected chi connectivity index (χ2v) is 7.73. The molecule has 1 aromatic heterocycles. The molecule has 7 nitrogen and oxygen atoms in total. The van der Waals surface area contributed by atoms with Crippen molar-refractivity contribution >= 4 is 35.0 Å². The van der Waals surface area contributed by atoms with Gasteiger partial charge >= 0.3 is 0 Å². The number of ether oxygens (including phenoxy) is 2. The molecule has 0 saturated heterocycles. The van der Waals surface area contributed by atoms with Gasteiger partial charge in [-0.2, -0.15) is 4.68 Å². The van der Waals surface area contributed by atoms with Crippen LogP contribution in [-0.4, -0.2) is 50.9 Å². The van der Waals surface area contributed by atoms with Gasteiger partial charge in [0.2, 0.25) is 5.16 Å². The van der Waals surface area contributed by atoms with Crippen LogP contribution < -0.4 is 9.47 Å². The summed E-state index contributed by atoms with van der Waals surface area (Å²) in [4.78, 5) is 0. The zero-order valence-corrected chi connectivity index (χ0v) is 17.5. The summed E-state index contributed by atoms with van der Waals surface area (Å²) >= 11 is 13.3. The van der Waals surface area contributed by atoms with Gasteiger partial charge in [0.25, 0.3) is 0 Å². The van der Waals surface area contributed by atoms with Crippen molar-refractivity contribution in [3.05, 3.63) is 52.0 Å². The quantitative estimate of drug-likeness (QED) is 0.533. The molecule has 3 aromatic rings. The molecule has 1 N–H and O–H groups in total. The molecule has 3 rings (SSSR count). The Morgan fingerprint density at radius 2 is 2.00 bits per heavy atom. The van der Waals surface area contributed by atoms with Crippen molar-refractivity contribution in [2.75, 3.05) is 19.5 Å². The molecule has 0 spiro atoms. The number of benzene rings is 2. The van der Waals surface area contributed by atoms with Gasteiger partial charge in [0.1, 0.15) is 23.8 Å². The molecule has 148 valence electrons. The lowest BCUT2D eigenvalue weighted by Crippen LogP contribution is -2.20. The van der Waals surface area contributed by atoms with E-state index < -0.39 is 6.10 Å². The lowest BCUT2D eigenvalue weighted by Gasteiger charge is -2.14. The molecule has 0 aliphatic heterocycles. The summed E-state index contributed by atoms with van der Waals surface area (Å²) in [6, 6.07) is 10.7. The minimum atomic E-state index is -0.760. The molecule has 2 aromatic carbocycles. The topological polar surface area (TPSA) is 82.3 Å². The van der Waals surface area contributed by atoms with Crippen LogP contribution in [-0.2, 0) is 0 Å². The van der Waals surface area contributed by atoms with Crippen molar-refractivity contribution in [1.82, 2.24) is 20.2 Å². The molecule has 28 heavy (non-hydrogen) atoms. The molecule has 0 aliphatic carbocycles. The molecule has 0 aliphatic rings. The Bertz CT molecular complexity index is 954. The van der Waals surface area contributed by atoms with Crippen molar-refractivity contribution in [2.24, 2.45) is 0 Å². The number of hydrogen-bond acceptors (Lipinski definition) is 7. The largest absolute Gasteiger partial charge is 0.494 e. The van der Waals surface area contributed by atoms with E-state index in [2.05, 4.69) is 15.5 Å². The highest BCUT2D eigenvalue weighted by Crippen LogP contribution is 2.29. The number of nitrogens with zero attached hydrogens (tertiary/aromatic N) is 4. The van der Waals surface area contributed by atoms with Gasteiger partial charge in [-0.15, -0.1) is 5.10 Å². The fourth-order valence-electron chi connectivity index (χ4n) is 2.38. The lowest BCUT2D eigenvalue weighted by molar-refractivity contribution is 0.126. The Morgan fingerprint density at radius 1 is 1.18 bits per heavy atom. The fraction of sp³-hybridized carbons (Fsp3) is 0.278. The summed E-state index contributed by atoms with van der Waals surface area (Å²) < 4.78 is 12.5. The first-order chi connectivity index (χ1) is 13.5. The van der Waals surface area contributed by atoms with E-state index in [1.54, 1.807) is 30.0 Å². The maximum atomic E-state index is 10.3. The van der Waals surface area contributed by atoms with Gasteiger partial charge in [0, 0.05) is 16.8 Å². The number of rotatable bonds is 8. The van der Waals surface area contributed by atoms with Crippen LogP contribution in [0.4, 0.5) is 0 Å². The fourth-order valence-corrected chi connectivity index (χ4v) is 3.50. The maximum absolute atomic E-state index is 10.3. The predicted molar refractivity (Wildman–Crippen MR) is 109 cm³/mol. The Kier molecular flexibility index (Phi) is 7.01. The van der Waals surface area contributed by atoms with Gasteiger partial charge in [0.15, 0.2) is 0 Å². The Hall–Kier alpha value is -2.00. The zero-order chi connectivity index (χ0) is 20.1. The smallest absolute Gasteiger partial charge is 0.214 e. The molecule has 0 amide bonds. The molecule has 10 heteroatoms. The van der Waals surface area contributed by atoms with E-state index in [-0.39, 0.29) is 6.61 Å². The van der Waals surface area contributed by atoms with E-state index in [0.717, 1.165) is 11.3 Å². The van der Waals surface area contributed by atoms with Gasteiger partial charge in [-0.25, -0.2) is 0 Å². The third kappa shape index (κ3) is 5.08. The molecule has 0 bridgehead atoms. The summed E-state index contributed by atoms with van der Waals surface area (Å²) in [5.41, 5.74) is 1.78. The lowest BCUT2D eigenvalue weighted by atomic mass is 10.2. The predicted octanol–water partition coefficient (Wildman–Crippen LogP) is 3.82. The van der Waals surface area contributed by atoms with Crippen LogP contribution in [0.25, 0.3) is 5.69 Å². The summed E-state index contributed by atoms with van der Waals surface area (Å²) in [6.45, 7) is 2.03. The molecule has 1 heterocycles. The van der Waals surface area contributed by atoms with Crippen LogP contribution >= 0.6 is 35.0 Å².